The molecule has 3 nitrogen and oxygen atoms in total. The number of para-hydroxylation sites is 2. The van der Waals surface area contributed by atoms with Gasteiger partial charge >= 0.3 is 0 Å². The van der Waals surface area contributed by atoms with Gasteiger partial charge in [-0.25, -0.2) is 4.98 Å². The van der Waals surface area contributed by atoms with E-state index in [1.54, 1.807) is 0 Å². The summed E-state index contributed by atoms with van der Waals surface area (Å²) in [6, 6.07) is 31.6. The van der Waals surface area contributed by atoms with Gasteiger partial charge in [0, 0.05) is 22.0 Å². The highest BCUT2D eigenvalue weighted by molar-refractivity contribution is 6.09. The molecule has 2 heterocycles. The van der Waals surface area contributed by atoms with Gasteiger partial charge in [0.05, 0.1) is 11.0 Å². The van der Waals surface area contributed by atoms with Crippen molar-refractivity contribution in [1.29, 1.82) is 0 Å². The smallest absolute Gasteiger partial charge is 0.227 e. The van der Waals surface area contributed by atoms with Gasteiger partial charge in [0.2, 0.25) is 5.89 Å². The largest absolute Gasteiger partial charge is 0.436 e. The molecule has 0 aliphatic carbocycles. The monoisotopic (exact) mass is 374 g/mol. The van der Waals surface area contributed by atoms with Crippen molar-refractivity contribution in [2.75, 3.05) is 0 Å². The highest BCUT2D eigenvalue weighted by Gasteiger charge is 2.12. The standard InChI is InChI=1S/C26H18N2O/c1-17-10-15-25-22(16-17)27-26(29-25)18-11-13-19(14-12-18)28-23-8-4-2-6-20(23)21-7-3-5-9-24(21)28/h2-16H,1H3. The number of nitrogens with zero attached hydrogens (tertiary/aromatic N) is 2. The normalized spacial score (nSPS) is 11.6. The van der Waals surface area contributed by atoms with Crippen LogP contribution in [0.1, 0.15) is 5.56 Å². The number of oxazole rings is 1. The first kappa shape index (κ1) is 16.1. The summed E-state index contributed by atoms with van der Waals surface area (Å²) in [4.78, 5) is 4.66. The van der Waals surface area contributed by atoms with Crippen LogP contribution < -0.4 is 0 Å². The molecule has 0 radical (unpaired) electrons. The predicted molar refractivity (Wildman–Crippen MR) is 119 cm³/mol. The molecule has 6 rings (SSSR count). The van der Waals surface area contributed by atoms with Crippen molar-refractivity contribution in [2.45, 2.75) is 6.92 Å². The molecule has 0 fully saturated rings. The van der Waals surface area contributed by atoms with Gasteiger partial charge in [-0.1, -0.05) is 42.5 Å². The third kappa shape index (κ3) is 2.48. The Hall–Kier alpha value is -3.85. The molecule has 138 valence electrons. The minimum Gasteiger partial charge on any atom is -0.436 e. The van der Waals surface area contributed by atoms with Crippen LogP contribution in [0.15, 0.2) is 95.4 Å². The van der Waals surface area contributed by atoms with E-state index in [9.17, 15) is 0 Å². The minimum atomic E-state index is 0.652. The average Bonchev–Trinajstić information content (AvgIpc) is 3.33. The number of fused-ring (bicyclic) bond motifs is 4. The van der Waals surface area contributed by atoms with Gasteiger partial charge in [0.25, 0.3) is 0 Å². The topological polar surface area (TPSA) is 31.0 Å². The van der Waals surface area contributed by atoms with Gasteiger partial charge in [-0.3, -0.25) is 0 Å². The molecule has 3 heteroatoms. The second-order valence-electron chi connectivity index (χ2n) is 7.41. The van der Waals surface area contributed by atoms with E-state index in [1.165, 1.54) is 27.4 Å². The molecule has 0 saturated carbocycles. The quantitative estimate of drug-likeness (QED) is 0.330. The summed E-state index contributed by atoms with van der Waals surface area (Å²) >= 11 is 0. The highest BCUT2D eigenvalue weighted by atomic mass is 16.3. The molecule has 0 N–H and O–H groups in total. The van der Waals surface area contributed by atoms with Crippen molar-refractivity contribution in [3.8, 4) is 17.1 Å². The molecule has 2 aromatic heterocycles. The van der Waals surface area contributed by atoms with Crippen molar-refractivity contribution < 1.29 is 4.42 Å². The molecule has 0 amide bonds. The van der Waals surface area contributed by atoms with Crippen LogP contribution in [-0.2, 0) is 0 Å². The lowest BCUT2D eigenvalue weighted by Gasteiger charge is -2.08. The lowest BCUT2D eigenvalue weighted by molar-refractivity contribution is 0.620. The zero-order valence-electron chi connectivity index (χ0n) is 16.0. The molecule has 0 unspecified atom stereocenters. The molecule has 6 aromatic rings. The van der Waals surface area contributed by atoms with Crippen molar-refractivity contribution in [2.24, 2.45) is 0 Å². The maximum absolute atomic E-state index is 5.96. The van der Waals surface area contributed by atoms with E-state index in [1.807, 2.05) is 12.1 Å². The second kappa shape index (κ2) is 6.08. The van der Waals surface area contributed by atoms with E-state index in [2.05, 4.69) is 95.3 Å². The number of aryl methyl sites for hydroxylation is 1. The molecule has 0 aliphatic heterocycles. The summed E-state index contributed by atoms with van der Waals surface area (Å²) in [5, 5.41) is 2.53. The Morgan fingerprint density at radius 1 is 0.724 bits per heavy atom. The first-order valence-electron chi connectivity index (χ1n) is 9.74. The van der Waals surface area contributed by atoms with Gasteiger partial charge in [-0.05, 0) is 61.0 Å². The third-order valence-corrected chi connectivity index (χ3v) is 5.50. The van der Waals surface area contributed by atoms with Gasteiger partial charge in [-0.2, -0.15) is 0 Å². The fourth-order valence-electron chi connectivity index (χ4n) is 4.11. The van der Waals surface area contributed by atoms with Crippen LogP contribution >= 0.6 is 0 Å². The Labute approximate surface area is 167 Å². The lowest BCUT2D eigenvalue weighted by Crippen LogP contribution is -1.93. The minimum absolute atomic E-state index is 0.652. The van der Waals surface area contributed by atoms with Gasteiger partial charge in [0.1, 0.15) is 5.52 Å². The molecule has 0 spiro atoms. The fraction of sp³-hybridized carbons (Fsp3) is 0.0385. The van der Waals surface area contributed by atoms with Crippen LogP contribution in [0.5, 0.6) is 0 Å². The van der Waals surface area contributed by atoms with E-state index in [0.29, 0.717) is 5.89 Å². The first-order valence-corrected chi connectivity index (χ1v) is 9.74. The molecule has 29 heavy (non-hydrogen) atoms. The molecule has 0 bridgehead atoms. The van der Waals surface area contributed by atoms with E-state index in [-0.39, 0.29) is 0 Å². The molecule has 0 atom stereocenters. The summed E-state index contributed by atoms with van der Waals surface area (Å²) < 4.78 is 8.27. The van der Waals surface area contributed by atoms with Gasteiger partial charge in [-0.15, -0.1) is 0 Å². The Morgan fingerprint density at radius 3 is 2.07 bits per heavy atom. The summed E-state index contributed by atoms with van der Waals surface area (Å²) in [7, 11) is 0. The first-order chi connectivity index (χ1) is 14.3. The summed E-state index contributed by atoms with van der Waals surface area (Å²) in [5.41, 5.74) is 7.40. The van der Waals surface area contributed by atoms with Gasteiger partial charge in [0.15, 0.2) is 5.58 Å². The van der Waals surface area contributed by atoms with Crippen LogP contribution in [-0.4, -0.2) is 9.55 Å². The van der Waals surface area contributed by atoms with Crippen molar-refractivity contribution in [1.82, 2.24) is 9.55 Å². The Kier molecular flexibility index (Phi) is 3.38. The van der Waals surface area contributed by atoms with E-state index < -0.39 is 0 Å². The average molecular weight is 374 g/mol. The van der Waals surface area contributed by atoms with Crippen LogP contribution in [0.4, 0.5) is 0 Å². The Morgan fingerprint density at radius 2 is 1.38 bits per heavy atom. The Balaban J connectivity index is 1.50. The summed E-state index contributed by atoms with van der Waals surface area (Å²) in [6.45, 7) is 2.06. The van der Waals surface area contributed by atoms with Gasteiger partial charge < -0.3 is 8.98 Å². The maximum Gasteiger partial charge on any atom is 0.227 e. The number of rotatable bonds is 2. The van der Waals surface area contributed by atoms with Crippen molar-refractivity contribution in [3.05, 3.63) is 96.6 Å². The maximum atomic E-state index is 5.96. The fourth-order valence-corrected chi connectivity index (χ4v) is 4.11. The van der Waals surface area contributed by atoms with Crippen molar-refractivity contribution in [3.63, 3.8) is 0 Å². The second-order valence-corrected chi connectivity index (χ2v) is 7.41. The molecule has 4 aromatic carbocycles. The number of benzene rings is 4. The summed E-state index contributed by atoms with van der Waals surface area (Å²) in [5.74, 6) is 0.652. The SMILES string of the molecule is Cc1ccc2oc(-c3ccc(-n4c5ccccc5c5ccccc54)cc3)nc2c1. The van der Waals surface area contributed by atoms with Crippen LogP contribution in [0, 0.1) is 6.92 Å². The predicted octanol–water partition coefficient (Wildman–Crippen LogP) is 6.90. The zero-order valence-corrected chi connectivity index (χ0v) is 16.0. The van der Waals surface area contributed by atoms with Crippen molar-refractivity contribution >= 4 is 32.9 Å². The molecular formula is C26H18N2O. The summed E-state index contributed by atoms with van der Waals surface area (Å²) in [6.07, 6.45) is 0. The zero-order chi connectivity index (χ0) is 19.4. The number of hydrogen-bond acceptors (Lipinski definition) is 2. The number of hydrogen-bond donors (Lipinski definition) is 0. The van der Waals surface area contributed by atoms with E-state index in [0.717, 1.165) is 22.4 Å². The third-order valence-electron chi connectivity index (χ3n) is 5.50. The molecular weight excluding hydrogens is 356 g/mol. The van der Waals surface area contributed by atoms with Crippen LogP contribution in [0.25, 0.3) is 50.0 Å². The van der Waals surface area contributed by atoms with Crippen LogP contribution in [0.3, 0.4) is 0 Å². The van der Waals surface area contributed by atoms with E-state index >= 15 is 0 Å². The van der Waals surface area contributed by atoms with Crippen LogP contribution in [0.2, 0.25) is 0 Å². The molecule has 0 aliphatic rings. The highest BCUT2D eigenvalue weighted by Crippen LogP contribution is 2.32. The number of aromatic nitrogens is 2. The van der Waals surface area contributed by atoms with E-state index in [4.69, 9.17) is 4.42 Å². The molecule has 0 saturated heterocycles. The Bertz CT molecular complexity index is 1450. The lowest BCUT2D eigenvalue weighted by atomic mass is 10.2.